The molecule has 0 aliphatic carbocycles. The molecular formula is C9H18N2O2. The molecular weight excluding hydrogens is 168 g/mol. The molecule has 2 rings (SSSR count). The number of piperazine rings is 1. The fourth-order valence-electron chi connectivity index (χ4n) is 2.03. The van der Waals surface area contributed by atoms with Crippen molar-refractivity contribution in [2.45, 2.75) is 12.1 Å². The first-order valence-electron chi connectivity index (χ1n) is 4.96. The van der Waals surface area contributed by atoms with E-state index in [-0.39, 0.29) is 12.1 Å². The van der Waals surface area contributed by atoms with Gasteiger partial charge >= 0.3 is 0 Å². The molecule has 0 radical (unpaired) electrons. The van der Waals surface area contributed by atoms with Crippen LogP contribution in [0, 0.1) is 0 Å². The predicted octanol–water partition coefficient (Wildman–Crippen LogP) is -1.01. The summed E-state index contributed by atoms with van der Waals surface area (Å²) in [5.41, 5.74) is 0. The largest absolute Gasteiger partial charge is 0.389 e. The lowest BCUT2D eigenvalue weighted by molar-refractivity contribution is 0.0512. The van der Waals surface area contributed by atoms with Crippen LogP contribution in [-0.2, 0) is 4.74 Å². The number of aliphatic hydroxyl groups is 1. The molecule has 0 aromatic carbocycles. The molecule has 0 aromatic rings. The smallest absolute Gasteiger partial charge is 0.0950 e. The highest BCUT2D eigenvalue weighted by Gasteiger charge is 2.32. The maximum Gasteiger partial charge on any atom is 0.0950 e. The number of ether oxygens (including phenoxy) is 1. The highest BCUT2D eigenvalue weighted by atomic mass is 16.5. The van der Waals surface area contributed by atoms with E-state index in [1.54, 1.807) is 0 Å². The Balaban J connectivity index is 1.86. The quantitative estimate of drug-likeness (QED) is 0.569. The molecule has 2 aliphatic rings. The van der Waals surface area contributed by atoms with Crippen molar-refractivity contribution in [3.63, 3.8) is 0 Å². The van der Waals surface area contributed by atoms with Gasteiger partial charge in [0.2, 0.25) is 0 Å². The number of hydrogen-bond donors (Lipinski definition) is 1. The standard InChI is InChI=1S/C9H18N2O2/c1-10-2-4-11(5-3-10)8-6-13-7-9(8)12/h8-9,12H,2-7H2,1H3/t8-,9+/m1/s1. The molecule has 2 atom stereocenters. The Bertz CT molecular complexity index is 169. The second-order valence-electron chi connectivity index (χ2n) is 4.01. The number of aliphatic hydroxyl groups excluding tert-OH is 1. The Morgan fingerprint density at radius 3 is 2.38 bits per heavy atom. The minimum atomic E-state index is -0.275. The van der Waals surface area contributed by atoms with Crippen LogP contribution >= 0.6 is 0 Å². The van der Waals surface area contributed by atoms with E-state index in [2.05, 4.69) is 16.8 Å². The van der Waals surface area contributed by atoms with Crippen molar-refractivity contribution in [2.24, 2.45) is 0 Å². The Morgan fingerprint density at radius 1 is 1.15 bits per heavy atom. The van der Waals surface area contributed by atoms with Gasteiger partial charge in [0.1, 0.15) is 0 Å². The summed E-state index contributed by atoms with van der Waals surface area (Å²) in [5.74, 6) is 0. The average Bonchev–Trinajstić information content (AvgIpc) is 2.53. The van der Waals surface area contributed by atoms with Gasteiger partial charge in [0.25, 0.3) is 0 Å². The number of hydrogen-bond acceptors (Lipinski definition) is 4. The molecule has 2 saturated heterocycles. The fourth-order valence-corrected chi connectivity index (χ4v) is 2.03. The van der Waals surface area contributed by atoms with E-state index in [0.717, 1.165) is 26.2 Å². The molecule has 1 N–H and O–H groups in total. The predicted molar refractivity (Wildman–Crippen MR) is 49.7 cm³/mol. The lowest BCUT2D eigenvalue weighted by Crippen LogP contribution is -2.52. The van der Waals surface area contributed by atoms with Gasteiger partial charge in [-0.1, -0.05) is 0 Å². The highest BCUT2D eigenvalue weighted by Crippen LogP contribution is 2.14. The van der Waals surface area contributed by atoms with Gasteiger partial charge in [-0.3, -0.25) is 4.90 Å². The molecule has 2 aliphatic heterocycles. The van der Waals surface area contributed by atoms with Crippen LogP contribution in [0.2, 0.25) is 0 Å². The van der Waals surface area contributed by atoms with Crippen molar-refractivity contribution in [2.75, 3.05) is 46.4 Å². The van der Waals surface area contributed by atoms with Crippen LogP contribution in [-0.4, -0.2) is 73.5 Å². The summed E-state index contributed by atoms with van der Waals surface area (Å²) in [4.78, 5) is 4.66. The van der Waals surface area contributed by atoms with Crippen LogP contribution < -0.4 is 0 Å². The second-order valence-corrected chi connectivity index (χ2v) is 4.01. The maximum absolute atomic E-state index is 9.63. The van der Waals surface area contributed by atoms with Crippen molar-refractivity contribution in [1.82, 2.24) is 9.80 Å². The summed E-state index contributed by atoms with van der Waals surface area (Å²) >= 11 is 0. The van der Waals surface area contributed by atoms with Gasteiger partial charge in [-0.2, -0.15) is 0 Å². The molecule has 2 fully saturated rings. The summed E-state index contributed by atoms with van der Waals surface area (Å²) in [7, 11) is 2.14. The van der Waals surface area contributed by atoms with Gasteiger partial charge in [-0.25, -0.2) is 0 Å². The zero-order valence-electron chi connectivity index (χ0n) is 8.15. The van der Waals surface area contributed by atoms with Crippen LogP contribution in [0.1, 0.15) is 0 Å². The van der Waals surface area contributed by atoms with E-state index >= 15 is 0 Å². The highest BCUT2D eigenvalue weighted by molar-refractivity contribution is 4.85. The van der Waals surface area contributed by atoms with E-state index < -0.39 is 0 Å². The zero-order valence-corrected chi connectivity index (χ0v) is 8.15. The third kappa shape index (κ3) is 2.02. The minimum Gasteiger partial charge on any atom is -0.389 e. The van der Waals surface area contributed by atoms with Gasteiger partial charge in [-0.15, -0.1) is 0 Å². The van der Waals surface area contributed by atoms with Crippen molar-refractivity contribution in [1.29, 1.82) is 0 Å². The van der Waals surface area contributed by atoms with Crippen LogP contribution in [0.4, 0.5) is 0 Å². The van der Waals surface area contributed by atoms with Crippen molar-refractivity contribution in [3.05, 3.63) is 0 Å². The second kappa shape index (κ2) is 3.92. The Morgan fingerprint density at radius 2 is 1.85 bits per heavy atom. The summed E-state index contributed by atoms with van der Waals surface area (Å²) in [6.45, 7) is 5.53. The van der Waals surface area contributed by atoms with Crippen molar-refractivity contribution < 1.29 is 9.84 Å². The first kappa shape index (κ1) is 9.40. The Labute approximate surface area is 79.1 Å². The SMILES string of the molecule is CN1CCN([C@@H]2COC[C@@H]2O)CC1. The third-order valence-electron chi connectivity index (χ3n) is 3.03. The van der Waals surface area contributed by atoms with Gasteiger partial charge in [-0.05, 0) is 7.05 Å². The van der Waals surface area contributed by atoms with E-state index in [9.17, 15) is 5.11 Å². The molecule has 13 heavy (non-hydrogen) atoms. The zero-order chi connectivity index (χ0) is 9.26. The molecule has 0 aromatic heterocycles. The van der Waals surface area contributed by atoms with E-state index in [1.165, 1.54) is 0 Å². The van der Waals surface area contributed by atoms with Crippen LogP contribution in [0.25, 0.3) is 0 Å². The minimum absolute atomic E-state index is 0.244. The van der Waals surface area contributed by atoms with Crippen molar-refractivity contribution >= 4 is 0 Å². The van der Waals surface area contributed by atoms with E-state index in [1.807, 2.05) is 0 Å². The third-order valence-corrected chi connectivity index (χ3v) is 3.03. The van der Waals surface area contributed by atoms with E-state index in [0.29, 0.717) is 13.2 Å². The van der Waals surface area contributed by atoms with E-state index in [4.69, 9.17) is 4.74 Å². The molecule has 0 bridgehead atoms. The number of rotatable bonds is 1. The number of nitrogens with zero attached hydrogens (tertiary/aromatic N) is 2. The molecule has 0 spiro atoms. The lowest BCUT2D eigenvalue weighted by atomic mass is 10.1. The summed E-state index contributed by atoms with van der Waals surface area (Å²) in [5, 5.41) is 9.63. The molecule has 4 nitrogen and oxygen atoms in total. The van der Waals surface area contributed by atoms with Gasteiger partial charge in [0, 0.05) is 26.2 Å². The maximum atomic E-state index is 9.63. The number of likely N-dealkylation sites (N-methyl/N-ethyl adjacent to an activating group) is 1. The van der Waals surface area contributed by atoms with Gasteiger partial charge < -0.3 is 14.7 Å². The van der Waals surface area contributed by atoms with Crippen LogP contribution in [0.5, 0.6) is 0 Å². The summed E-state index contributed by atoms with van der Waals surface area (Å²) in [6, 6.07) is 0.244. The van der Waals surface area contributed by atoms with Gasteiger partial charge in [0.05, 0.1) is 25.4 Å². The molecule has 4 heteroatoms. The molecule has 0 unspecified atom stereocenters. The first-order chi connectivity index (χ1) is 6.27. The fraction of sp³-hybridized carbons (Fsp3) is 1.00. The normalized spacial score (nSPS) is 38.3. The Kier molecular flexibility index (Phi) is 2.83. The lowest BCUT2D eigenvalue weighted by Gasteiger charge is -2.36. The average molecular weight is 186 g/mol. The Hall–Kier alpha value is -0.160. The molecule has 0 saturated carbocycles. The van der Waals surface area contributed by atoms with Crippen LogP contribution in [0.15, 0.2) is 0 Å². The first-order valence-corrected chi connectivity index (χ1v) is 4.96. The molecule has 2 heterocycles. The summed E-state index contributed by atoms with van der Waals surface area (Å²) < 4.78 is 5.24. The topological polar surface area (TPSA) is 35.9 Å². The monoisotopic (exact) mass is 186 g/mol. The van der Waals surface area contributed by atoms with Gasteiger partial charge in [0.15, 0.2) is 0 Å². The summed E-state index contributed by atoms with van der Waals surface area (Å²) in [6.07, 6.45) is -0.275. The van der Waals surface area contributed by atoms with Crippen molar-refractivity contribution in [3.8, 4) is 0 Å². The molecule has 0 amide bonds. The molecule has 76 valence electrons. The van der Waals surface area contributed by atoms with Crippen LogP contribution in [0.3, 0.4) is 0 Å².